The number of thiophene rings is 1. The normalized spacial score (nSPS) is 11.0. The van der Waals surface area contributed by atoms with Crippen LogP contribution in [0.15, 0.2) is 44.2 Å². The second-order valence-corrected chi connectivity index (χ2v) is 6.56. The molecule has 8 nitrogen and oxygen atoms in total. The first-order valence-corrected chi connectivity index (χ1v) is 8.61. The van der Waals surface area contributed by atoms with Crippen LogP contribution in [-0.2, 0) is 5.75 Å². The highest BCUT2D eigenvalue weighted by atomic mass is 32.2. The SMILES string of the molecule is N#Cc1c[nH]n2c(=O)cc(CSc3nnc(-c4cccs4)o3)nc12. The van der Waals surface area contributed by atoms with Crippen molar-refractivity contribution in [3.8, 4) is 16.8 Å². The molecule has 0 saturated heterocycles. The van der Waals surface area contributed by atoms with E-state index in [-0.39, 0.29) is 5.56 Å². The molecule has 1 N–H and O–H groups in total. The summed E-state index contributed by atoms with van der Waals surface area (Å²) in [4.78, 5) is 17.3. The smallest absolute Gasteiger partial charge is 0.277 e. The van der Waals surface area contributed by atoms with Gasteiger partial charge in [0.25, 0.3) is 16.7 Å². The zero-order chi connectivity index (χ0) is 16.5. The highest BCUT2D eigenvalue weighted by molar-refractivity contribution is 7.98. The lowest BCUT2D eigenvalue weighted by atomic mass is 10.3. The van der Waals surface area contributed by atoms with Gasteiger partial charge in [-0.2, -0.15) is 5.26 Å². The van der Waals surface area contributed by atoms with Crippen molar-refractivity contribution in [2.45, 2.75) is 11.0 Å². The Morgan fingerprint density at radius 3 is 3.17 bits per heavy atom. The molecule has 0 aliphatic rings. The number of aromatic amines is 1. The lowest BCUT2D eigenvalue weighted by Gasteiger charge is -1.99. The molecule has 4 rings (SSSR count). The molecule has 0 amide bonds. The van der Waals surface area contributed by atoms with Gasteiger partial charge in [0.1, 0.15) is 11.6 Å². The third-order valence-corrected chi connectivity index (χ3v) is 4.86. The lowest BCUT2D eigenvalue weighted by Crippen LogP contribution is -2.15. The van der Waals surface area contributed by atoms with Crippen molar-refractivity contribution in [2.24, 2.45) is 0 Å². The number of H-pyrrole nitrogens is 1. The van der Waals surface area contributed by atoms with Gasteiger partial charge >= 0.3 is 0 Å². The molecule has 0 aromatic carbocycles. The summed E-state index contributed by atoms with van der Waals surface area (Å²) < 4.78 is 6.81. The molecule has 24 heavy (non-hydrogen) atoms. The fourth-order valence-corrected chi connectivity index (χ4v) is 3.39. The molecule has 4 aromatic rings. The standard InChI is InChI=1S/C14H8N6O2S2/c15-5-8-6-16-20-11(21)4-9(17-12(8)20)7-24-14-19-18-13(22-14)10-2-1-3-23-10/h1-4,6,16H,7H2. The molecule has 0 unspecified atom stereocenters. The molecule has 10 heteroatoms. The van der Waals surface area contributed by atoms with E-state index in [1.807, 2.05) is 23.6 Å². The summed E-state index contributed by atoms with van der Waals surface area (Å²) in [5, 5.41) is 22.1. The van der Waals surface area contributed by atoms with E-state index < -0.39 is 0 Å². The first-order valence-electron chi connectivity index (χ1n) is 6.75. The minimum absolute atomic E-state index is 0.276. The van der Waals surface area contributed by atoms with Gasteiger partial charge in [0, 0.05) is 18.0 Å². The Kier molecular flexibility index (Phi) is 3.64. The second kappa shape index (κ2) is 5.95. The third-order valence-electron chi connectivity index (χ3n) is 3.15. The maximum atomic E-state index is 12.0. The van der Waals surface area contributed by atoms with Gasteiger partial charge < -0.3 is 4.42 Å². The molecule has 0 fully saturated rings. The van der Waals surface area contributed by atoms with Gasteiger partial charge in [0.2, 0.25) is 0 Å². The zero-order valence-electron chi connectivity index (χ0n) is 12.0. The van der Waals surface area contributed by atoms with Crippen molar-refractivity contribution in [3.63, 3.8) is 0 Å². The number of hydrogen-bond donors (Lipinski definition) is 1. The maximum Gasteiger partial charge on any atom is 0.277 e. The monoisotopic (exact) mass is 356 g/mol. The molecule has 0 saturated carbocycles. The van der Waals surface area contributed by atoms with Crippen LogP contribution in [0.3, 0.4) is 0 Å². The summed E-state index contributed by atoms with van der Waals surface area (Å²) in [5.41, 5.74) is 0.890. The van der Waals surface area contributed by atoms with Crippen LogP contribution in [0.1, 0.15) is 11.3 Å². The molecule has 0 aliphatic carbocycles. The minimum Gasteiger partial charge on any atom is -0.410 e. The van der Waals surface area contributed by atoms with Crippen LogP contribution >= 0.6 is 23.1 Å². The summed E-state index contributed by atoms with van der Waals surface area (Å²) in [6.45, 7) is 0. The molecule has 0 radical (unpaired) electrons. The number of nitriles is 1. The van der Waals surface area contributed by atoms with Crippen molar-refractivity contribution in [1.29, 1.82) is 5.26 Å². The van der Waals surface area contributed by atoms with Crippen molar-refractivity contribution in [2.75, 3.05) is 0 Å². The zero-order valence-corrected chi connectivity index (χ0v) is 13.6. The average Bonchev–Trinajstić information content (AvgIpc) is 3.32. The highest BCUT2D eigenvalue weighted by Gasteiger charge is 2.12. The van der Waals surface area contributed by atoms with Gasteiger partial charge in [0.05, 0.1) is 10.6 Å². The molecule has 4 aromatic heterocycles. The van der Waals surface area contributed by atoms with Gasteiger partial charge in [0.15, 0.2) is 5.65 Å². The van der Waals surface area contributed by atoms with E-state index in [0.717, 1.165) is 4.88 Å². The number of nitrogens with one attached hydrogen (secondary N) is 1. The Morgan fingerprint density at radius 1 is 1.46 bits per heavy atom. The molecule has 4 heterocycles. The number of fused-ring (bicyclic) bond motifs is 1. The predicted octanol–water partition coefficient (Wildman–Crippen LogP) is 2.30. The van der Waals surface area contributed by atoms with Crippen molar-refractivity contribution in [3.05, 3.63) is 51.4 Å². The van der Waals surface area contributed by atoms with Crippen LogP contribution in [0.2, 0.25) is 0 Å². The first-order chi connectivity index (χ1) is 11.7. The van der Waals surface area contributed by atoms with Gasteiger partial charge in [-0.05, 0) is 11.4 Å². The number of thioether (sulfide) groups is 1. The fourth-order valence-electron chi connectivity index (χ4n) is 2.09. The van der Waals surface area contributed by atoms with E-state index in [1.165, 1.54) is 39.9 Å². The van der Waals surface area contributed by atoms with Crippen molar-refractivity contribution < 1.29 is 4.42 Å². The van der Waals surface area contributed by atoms with E-state index in [2.05, 4.69) is 20.3 Å². The number of rotatable bonds is 4. The van der Waals surface area contributed by atoms with E-state index >= 15 is 0 Å². The topological polar surface area (TPSA) is 113 Å². The van der Waals surface area contributed by atoms with Crippen LogP contribution in [0.4, 0.5) is 0 Å². The molecular formula is C14H8N6O2S2. The predicted molar refractivity (Wildman–Crippen MR) is 87.7 cm³/mol. The van der Waals surface area contributed by atoms with E-state index in [1.54, 1.807) is 0 Å². The van der Waals surface area contributed by atoms with Crippen LogP contribution in [-0.4, -0.2) is 24.8 Å². The quantitative estimate of drug-likeness (QED) is 0.558. The van der Waals surface area contributed by atoms with E-state index in [4.69, 9.17) is 9.68 Å². The van der Waals surface area contributed by atoms with Crippen molar-refractivity contribution in [1.82, 2.24) is 24.8 Å². The Morgan fingerprint density at radius 2 is 2.38 bits per heavy atom. The van der Waals surface area contributed by atoms with Gasteiger partial charge in [-0.3, -0.25) is 9.89 Å². The van der Waals surface area contributed by atoms with Crippen LogP contribution in [0.25, 0.3) is 16.4 Å². The number of hydrogen-bond acceptors (Lipinski definition) is 8. The largest absolute Gasteiger partial charge is 0.410 e. The Labute approximate surface area is 142 Å². The van der Waals surface area contributed by atoms with Gasteiger partial charge in [-0.1, -0.05) is 17.8 Å². The van der Waals surface area contributed by atoms with Crippen LogP contribution < -0.4 is 5.56 Å². The Balaban J connectivity index is 1.57. The maximum absolute atomic E-state index is 12.0. The fraction of sp³-hybridized carbons (Fsp3) is 0.0714. The van der Waals surface area contributed by atoms with Crippen LogP contribution in [0.5, 0.6) is 0 Å². The molecule has 0 bridgehead atoms. The number of aromatic nitrogens is 5. The van der Waals surface area contributed by atoms with Crippen molar-refractivity contribution >= 4 is 28.7 Å². The first kappa shape index (κ1) is 14.7. The molecule has 0 atom stereocenters. The summed E-state index contributed by atoms with van der Waals surface area (Å²) in [7, 11) is 0. The summed E-state index contributed by atoms with van der Waals surface area (Å²) >= 11 is 2.80. The minimum atomic E-state index is -0.276. The third kappa shape index (κ3) is 2.60. The summed E-state index contributed by atoms with van der Waals surface area (Å²) in [6, 6.07) is 7.22. The van der Waals surface area contributed by atoms with E-state index in [0.29, 0.717) is 33.8 Å². The van der Waals surface area contributed by atoms with Gasteiger partial charge in [-0.25, -0.2) is 9.50 Å². The van der Waals surface area contributed by atoms with Gasteiger partial charge in [-0.15, -0.1) is 21.5 Å². The second-order valence-electron chi connectivity index (χ2n) is 4.68. The Hall–Kier alpha value is -2.90. The summed E-state index contributed by atoms with van der Waals surface area (Å²) in [5.74, 6) is 0.849. The summed E-state index contributed by atoms with van der Waals surface area (Å²) in [6.07, 6.45) is 1.45. The Bertz CT molecular complexity index is 1100. The number of nitrogens with zero attached hydrogens (tertiary/aromatic N) is 5. The average molecular weight is 356 g/mol. The highest BCUT2D eigenvalue weighted by Crippen LogP contribution is 2.27. The van der Waals surface area contributed by atoms with Crippen LogP contribution in [0, 0.1) is 11.3 Å². The molecular weight excluding hydrogens is 348 g/mol. The molecule has 0 aliphatic heterocycles. The molecule has 118 valence electrons. The van der Waals surface area contributed by atoms with E-state index in [9.17, 15) is 4.79 Å². The lowest BCUT2D eigenvalue weighted by molar-refractivity contribution is 0.466. The molecule has 0 spiro atoms.